The molecule has 1 aliphatic rings. The number of halogens is 2. The van der Waals surface area contributed by atoms with E-state index in [-0.39, 0.29) is 25.9 Å². The molecular weight excluding hydrogens is 480 g/mol. The third-order valence-electron chi connectivity index (χ3n) is 6.09. The second-order valence-corrected chi connectivity index (χ2v) is 9.61. The number of carbonyl (C=O) groups excluding carboxylic acids is 2. The van der Waals surface area contributed by atoms with Gasteiger partial charge in [-0.1, -0.05) is 17.9 Å². The minimum absolute atomic E-state index is 0.146. The number of pyridine rings is 1. The Balaban J connectivity index is 1.49. The maximum atomic E-state index is 15.0. The van der Waals surface area contributed by atoms with Crippen LogP contribution in [0, 0.1) is 29.0 Å². The van der Waals surface area contributed by atoms with Gasteiger partial charge in [0.2, 0.25) is 11.9 Å². The van der Waals surface area contributed by atoms with Gasteiger partial charge < -0.3 is 15.3 Å². The molecule has 2 amide bonds. The lowest BCUT2D eigenvalue weighted by Crippen LogP contribution is -2.48. The fourth-order valence-corrected chi connectivity index (χ4v) is 3.96. The topological polar surface area (TPSA) is 100 Å². The molecule has 2 N–H and O–H groups in total. The zero-order chi connectivity index (χ0) is 26.7. The van der Waals surface area contributed by atoms with Crippen LogP contribution in [0.25, 0.3) is 0 Å². The molecule has 3 aromatic rings. The number of likely N-dealkylation sites (N-methyl/N-ethyl adjacent to an activating group) is 1. The van der Waals surface area contributed by atoms with Gasteiger partial charge in [-0.05, 0) is 56.5 Å². The maximum Gasteiger partial charge on any atom is 0.342 e. The summed E-state index contributed by atoms with van der Waals surface area (Å²) in [4.78, 5) is 31.1. The summed E-state index contributed by atoms with van der Waals surface area (Å²) in [6.45, 7) is 3.39. The van der Waals surface area contributed by atoms with Gasteiger partial charge in [-0.15, -0.1) is 0 Å². The highest BCUT2D eigenvalue weighted by Crippen LogP contribution is 2.30. The average Bonchev–Trinajstić information content (AvgIpc) is 3.29. The summed E-state index contributed by atoms with van der Waals surface area (Å²) in [6, 6.07) is 5.91. The monoisotopic (exact) mass is 507 g/mol. The number of aliphatic hydroxyl groups is 1. The van der Waals surface area contributed by atoms with Crippen molar-refractivity contribution in [2.75, 3.05) is 18.6 Å². The van der Waals surface area contributed by atoms with E-state index in [1.807, 2.05) is 0 Å². The molecule has 10 heteroatoms. The summed E-state index contributed by atoms with van der Waals surface area (Å²) in [5, 5.41) is 16.1. The van der Waals surface area contributed by atoms with Crippen LogP contribution in [0.3, 0.4) is 0 Å². The predicted octanol–water partition coefficient (Wildman–Crippen LogP) is 3.05. The Hall–Kier alpha value is -4.10. The largest absolute Gasteiger partial charge is 0.395 e. The van der Waals surface area contributed by atoms with Crippen molar-refractivity contribution in [3.63, 3.8) is 0 Å². The van der Waals surface area contributed by atoms with E-state index in [0.29, 0.717) is 28.1 Å². The maximum absolute atomic E-state index is 15.0. The highest BCUT2D eigenvalue weighted by Gasteiger charge is 2.31. The van der Waals surface area contributed by atoms with Crippen LogP contribution in [0.1, 0.15) is 42.7 Å². The summed E-state index contributed by atoms with van der Waals surface area (Å²) < 4.78 is 29.4. The Morgan fingerprint density at radius 2 is 2.08 bits per heavy atom. The van der Waals surface area contributed by atoms with Crippen molar-refractivity contribution in [2.45, 2.75) is 39.2 Å². The van der Waals surface area contributed by atoms with Crippen molar-refractivity contribution in [3.8, 4) is 11.8 Å². The molecule has 0 saturated heterocycles. The molecule has 0 radical (unpaired) electrons. The van der Waals surface area contributed by atoms with E-state index in [2.05, 4.69) is 27.2 Å². The van der Waals surface area contributed by atoms with Gasteiger partial charge in [0.1, 0.15) is 11.9 Å². The number of fused-ring (bicyclic) bond motifs is 1. The third kappa shape index (κ3) is 6.01. The van der Waals surface area contributed by atoms with Crippen LogP contribution in [-0.4, -0.2) is 51.5 Å². The summed E-state index contributed by atoms with van der Waals surface area (Å²) in [7, 11) is 1.53. The van der Waals surface area contributed by atoms with E-state index in [1.54, 1.807) is 32.0 Å². The van der Waals surface area contributed by atoms with Gasteiger partial charge in [-0.2, -0.15) is 14.2 Å². The first-order chi connectivity index (χ1) is 17.6. The molecule has 1 aliphatic heterocycles. The van der Waals surface area contributed by atoms with Crippen molar-refractivity contribution in [1.29, 1.82) is 0 Å². The number of anilines is 1. The Kier molecular flexibility index (Phi) is 7.36. The minimum Gasteiger partial charge on any atom is -0.395 e. The van der Waals surface area contributed by atoms with Crippen LogP contribution < -0.4 is 10.2 Å². The molecule has 37 heavy (non-hydrogen) atoms. The quantitative estimate of drug-likeness (QED) is 0.418. The van der Waals surface area contributed by atoms with Gasteiger partial charge in [-0.25, -0.2) is 14.2 Å². The van der Waals surface area contributed by atoms with E-state index in [4.69, 9.17) is 0 Å². The van der Waals surface area contributed by atoms with Crippen LogP contribution in [0.15, 0.2) is 42.7 Å². The van der Waals surface area contributed by atoms with Crippen molar-refractivity contribution in [3.05, 3.63) is 76.9 Å². The molecular formula is C27H27F2N5O3. The standard InChI is InChI=1S/C27H27F2N5O3/c1-27(2,16-35)10-9-17-12-21(28)20-7-8-22(25(36)33(3)23(20)13-17)32-26(37)34-15-18(14-30-34)11-19-5-4-6-24(29)31-19/h4-6,12-15,22,35H,7-8,11,16H2,1-3H3,(H,32,37)/t22-/m0/s1. The van der Waals surface area contributed by atoms with E-state index in [1.165, 1.54) is 36.5 Å². The first-order valence-corrected chi connectivity index (χ1v) is 11.8. The van der Waals surface area contributed by atoms with Gasteiger partial charge in [0, 0.05) is 41.9 Å². The average molecular weight is 508 g/mol. The molecule has 4 rings (SSSR count). The van der Waals surface area contributed by atoms with Gasteiger partial charge >= 0.3 is 6.03 Å². The van der Waals surface area contributed by atoms with Gasteiger partial charge in [0.25, 0.3) is 0 Å². The Morgan fingerprint density at radius 3 is 2.81 bits per heavy atom. The summed E-state index contributed by atoms with van der Waals surface area (Å²) in [5.41, 5.74) is 1.62. The highest BCUT2D eigenvalue weighted by atomic mass is 19.1. The Labute approximate surface area is 213 Å². The van der Waals surface area contributed by atoms with Crippen LogP contribution in [0.5, 0.6) is 0 Å². The zero-order valence-electron chi connectivity index (χ0n) is 20.8. The van der Waals surface area contributed by atoms with Crippen molar-refractivity contribution < 1.29 is 23.5 Å². The van der Waals surface area contributed by atoms with Gasteiger partial charge in [-0.3, -0.25) is 4.79 Å². The van der Waals surface area contributed by atoms with Crippen molar-refractivity contribution >= 4 is 17.6 Å². The molecule has 0 saturated carbocycles. The molecule has 0 bridgehead atoms. The second-order valence-electron chi connectivity index (χ2n) is 9.61. The van der Waals surface area contributed by atoms with E-state index in [0.717, 1.165) is 4.68 Å². The number of hydrogen-bond acceptors (Lipinski definition) is 5. The zero-order valence-corrected chi connectivity index (χ0v) is 20.8. The summed E-state index contributed by atoms with van der Waals surface area (Å²) >= 11 is 0. The lowest BCUT2D eigenvalue weighted by molar-refractivity contribution is -0.120. The minimum atomic E-state index is -0.898. The number of benzene rings is 1. The number of nitrogens with zero attached hydrogens (tertiary/aromatic N) is 4. The number of amides is 2. The van der Waals surface area contributed by atoms with Crippen LogP contribution in [0.2, 0.25) is 0 Å². The normalized spacial score (nSPS) is 15.5. The SMILES string of the molecule is CN1C(=O)[C@@H](NC(=O)n2cc(Cc3cccc(F)n3)cn2)CCc2c(F)cc(C#CC(C)(C)CO)cc21. The first-order valence-electron chi connectivity index (χ1n) is 11.8. The lowest BCUT2D eigenvalue weighted by atomic mass is 9.95. The Morgan fingerprint density at radius 1 is 1.30 bits per heavy atom. The number of aromatic nitrogens is 3. The summed E-state index contributed by atoms with van der Waals surface area (Å²) in [5.74, 6) is 4.31. The molecule has 3 heterocycles. The number of carbonyl (C=O) groups is 2. The molecule has 0 fully saturated rings. The van der Waals surface area contributed by atoms with E-state index < -0.39 is 35.2 Å². The third-order valence-corrected chi connectivity index (χ3v) is 6.09. The van der Waals surface area contributed by atoms with E-state index >= 15 is 0 Å². The molecule has 1 aromatic carbocycles. The number of aliphatic hydroxyl groups excluding tert-OH is 1. The predicted molar refractivity (Wildman–Crippen MR) is 133 cm³/mol. The van der Waals surface area contributed by atoms with Crippen LogP contribution >= 0.6 is 0 Å². The highest BCUT2D eigenvalue weighted by molar-refractivity contribution is 6.00. The van der Waals surface area contributed by atoms with Crippen molar-refractivity contribution in [1.82, 2.24) is 20.1 Å². The Bertz CT molecular complexity index is 1410. The molecule has 8 nitrogen and oxygen atoms in total. The first kappa shape index (κ1) is 26.0. The van der Waals surface area contributed by atoms with Crippen molar-refractivity contribution in [2.24, 2.45) is 5.41 Å². The molecule has 1 atom stereocenters. The molecule has 2 aromatic heterocycles. The summed E-state index contributed by atoms with van der Waals surface area (Å²) in [6.07, 6.45) is 3.67. The van der Waals surface area contributed by atoms with Gasteiger partial charge in [0.05, 0.1) is 18.5 Å². The number of rotatable bonds is 4. The molecule has 0 spiro atoms. The molecule has 192 valence electrons. The number of hydrogen-bond donors (Lipinski definition) is 2. The van der Waals surface area contributed by atoms with Crippen LogP contribution in [0.4, 0.5) is 19.3 Å². The molecule has 0 unspecified atom stereocenters. The van der Waals surface area contributed by atoms with E-state index in [9.17, 15) is 23.5 Å². The lowest BCUT2D eigenvalue weighted by Gasteiger charge is -2.22. The fraction of sp³-hybridized carbons (Fsp3) is 0.333. The van der Waals surface area contributed by atoms with Gasteiger partial charge in [0.15, 0.2) is 0 Å². The van der Waals surface area contributed by atoms with Crippen LogP contribution in [-0.2, 0) is 17.6 Å². The smallest absolute Gasteiger partial charge is 0.342 e. The number of nitrogens with one attached hydrogen (secondary N) is 1. The molecule has 0 aliphatic carbocycles. The fourth-order valence-electron chi connectivity index (χ4n) is 3.96. The second kappa shape index (κ2) is 10.5.